The summed E-state index contributed by atoms with van der Waals surface area (Å²) in [4.78, 5) is 27.4. The topological polar surface area (TPSA) is 92.8 Å². The van der Waals surface area contributed by atoms with Crippen molar-refractivity contribution >= 4 is 41.0 Å². The molecule has 1 amide bonds. The third-order valence-electron chi connectivity index (χ3n) is 6.23. The zero-order valence-electron chi connectivity index (χ0n) is 19.8. The molecule has 3 rings (SSSR count). The predicted octanol–water partition coefficient (Wildman–Crippen LogP) is 2.60. The highest BCUT2D eigenvalue weighted by atomic mass is 32.2. The summed E-state index contributed by atoms with van der Waals surface area (Å²) in [5, 5.41) is 4.53. The molecule has 2 aromatic rings. The number of ether oxygens (including phenoxy) is 1. The van der Waals surface area contributed by atoms with Crippen LogP contribution in [0.3, 0.4) is 0 Å². The number of likely N-dealkylation sites (N-methyl/N-ethyl adjacent to an activating group) is 1. The number of hydrogen-bond acceptors (Lipinski definition) is 6. The number of benzene rings is 2. The van der Waals surface area contributed by atoms with Crippen LogP contribution >= 0.6 is 0 Å². The molecule has 33 heavy (non-hydrogen) atoms. The van der Waals surface area contributed by atoms with E-state index in [1.54, 1.807) is 31.4 Å². The number of aldehydes is 1. The van der Waals surface area contributed by atoms with Gasteiger partial charge in [-0.2, -0.15) is 0 Å². The highest BCUT2D eigenvalue weighted by molar-refractivity contribution is 7.91. The minimum absolute atomic E-state index is 0.0144. The number of sulfone groups is 1. The largest absolute Gasteiger partial charge is 0.497 e. The van der Waals surface area contributed by atoms with Gasteiger partial charge in [0.05, 0.1) is 32.6 Å². The van der Waals surface area contributed by atoms with Crippen LogP contribution in [-0.4, -0.2) is 59.2 Å². The maximum atomic E-state index is 13.4. The van der Waals surface area contributed by atoms with Crippen LogP contribution in [0.15, 0.2) is 48.5 Å². The van der Waals surface area contributed by atoms with Gasteiger partial charge in [-0.1, -0.05) is 49.1 Å². The number of carbonyl (C=O) groups is 2. The maximum Gasteiger partial charge on any atom is 0.228 e. The van der Waals surface area contributed by atoms with E-state index in [1.807, 2.05) is 24.3 Å². The number of carbonyl (C=O) groups excluding carboxylic acids is 2. The summed E-state index contributed by atoms with van der Waals surface area (Å²) in [6.07, 6.45) is 0.955. The van der Waals surface area contributed by atoms with Gasteiger partial charge in [0.1, 0.15) is 5.75 Å². The summed E-state index contributed by atoms with van der Waals surface area (Å²) in [6.45, 7) is 6.76. The molecule has 1 aliphatic heterocycles. The van der Waals surface area contributed by atoms with Gasteiger partial charge in [-0.15, -0.1) is 0 Å². The van der Waals surface area contributed by atoms with Gasteiger partial charge in [0, 0.05) is 18.3 Å². The van der Waals surface area contributed by atoms with Crippen LogP contribution in [0.25, 0.3) is 0 Å². The Kier molecular flexibility index (Phi) is 7.04. The van der Waals surface area contributed by atoms with Crippen molar-refractivity contribution in [2.75, 3.05) is 31.0 Å². The first-order chi connectivity index (χ1) is 15.4. The Morgan fingerprint density at radius 3 is 2.18 bits per heavy atom. The molecular formula is C24H32N2O5SSi. The van der Waals surface area contributed by atoms with E-state index < -0.39 is 29.5 Å². The molecule has 1 N–H and O–H groups in total. The third-order valence-corrected chi connectivity index (χ3v) is 10.1. The van der Waals surface area contributed by atoms with E-state index in [4.69, 9.17) is 4.74 Å². The van der Waals surface area contributed by atoms with Crippen molar-refractivity contribution in [3.05, 3.63) is 54.1 Å². The molecule has 0 spiro atoms. The lowest BCUT2D eigenvalue weighted by atomic mass is 9.96. The first-order valence-electron chi connectivity index (χ1n) is 10.9. The minimum atomic E-state index is -3.25. The highest BCUT2D eigenvalue weighted by Gasteiger charge is 2.44. The van der Waals surface area contributed by atoms with E-state index in [1.165, 1.54) is 17.1 Å². The van der Waals surface area contributed by atoms with Gasteiger partial charge in [0.25, 0.3) is 0 Å². The molecule has 1 heterocycles. The van der Waals surface area contributed by atoms with Gasteiger partial charge in [0.15, 0.2) is 21.8 Å². The molecule has 2 aromatic carbocycles. The number of hydrogen-bond donors (Lipinski definition) is 1. The van der Waals surface area contributed by atoms with Crippen LogP contribution < -0.4 is 15.2 Å². The van der Waals surface area contributed by atoms with Crippen molar-refractivity contribution in [3.63, 3.8) is 0 Å². The maximum absolute atomic E-state index is 13.4. The molecule has 0 radical (unpaired) electrons. The van der Waals surface area contributed by atoms with Crippen molar-refractivity contribution < 1.29 is 22.7 Å². The molecule has 178 valence electrons. The number of methoxy groups -OCH3 is 1. The van der Waals surface area contributed by atoms with Crippen LogP contribution in [-0.2, 0) is 25.1 Å². The summed E-state index contributed by atoms with van der Waals surface area (Å²) in [7, 11) is -1.66. The lowest BCUT2D eigenvalue weighted by Gasteiger charge is -2.40. The first-order valence-corrected chi connectivity index (χ1v) is 16.2. The smallest absolute Gasteiger partial charge is 0.228 e. The lowest BCUT2D eigenvalue weighted by molar-refractivity contribution is -0.142. The molecule has 0 saturated carbocycles. The molecule has 2 unspecified atom stereocenters. The molecule has 7 nitrogen and oxygen atoms in total. The van der Waals surface area contributed by atoms with E-state index in [0.717, 1.165) is 0 Å². The number of nitrogens with zero attached hydrogens (tertiary/aromatic N) is 1. The second-order valence-electron chi connectivity index (χ2n) is 9.56. The average molecular weight is 489 g/mol. The Labute approximate surface area is 197 Å². The normalized spacial score (nSPS) is 19.4. The summed E-state index contributed by atoms with van der Waals surface area (Å²) in [5.41, 5.74) is -0.293. The molecule has 0 aliphatic carbocycles. The minimum Gasteiger partial charge on any atom is -0.497 e. The van der Waals surface area contributed by atoms with E-state index in [0.29, 0.717) is 23.3 Å². The number of rotatable bonds is 8. The SMILES string of the molecule is COc1ccc(C(C=O)(Nc2ccc([Si](C)(C)C)cc2)N(C)C(=O)C2CCS(=O)(=O)C2)cc1. The van der Waals surface area contributed by atoms with E-state index in [-0.39, 0.29) is 23.8 Å². The van der Waals surface area contributed by atoms with Crippen molar-refractivity contribution in [1.29, 1.82) is 0 Å². The Morgan fingerprint density at radius 2 is 1.73 bits per heavy atom. The summed E-state index contributed by atoms with van der Waals surface area (Å²) in [5.74, 6) is -0.647. The van der Waals surface area contributed by atoms with E-state index in [9.17, 15) is 18.0 Å². The molecule has 0 aromatic heterocycles. The molecular weight excluding hydrogens is 456 g/mol. The van der Waals surface area contributed by atoms with Crippen LogP contribution in [0.2, 0.25) is 19.6 Å². The molecule has 1 aliphatic rings. The lowest BCUT2D eigenvalue weighted by Crippen LogP contribution is -2.55. The van der Waals surface area contributed by atoms with Crippen molar-refractivity contribution in [1.82, 2.24) is 4.90 Å². The Morgan fingerprint density at radius 1 is 1.12 bits per heavy atom. The average Bonchev–Trinajstić information content (AvgIpc) is 3.16. The first kappa shape index (κ1) is 25.0. The fraction of sp³-hybridized carbons (Fsp3) is 0.417. The monoisotopic (exact) mass is 488 g/mol. The second kappa shape index (κ2) is 9.30. The third kappa shape index (κ3) is 5.30. The Balaban J connectivity index is 2.02. The summed E-state index contributed by atoms with van der Waals surface area (Å²) >= 11 is 0. The predicted molar refractivity (Wildman–Crippen MR) is 133 cm³/mol. The Hall–Kier alpha value is -2.65. The van der Waals surface area contributed by atoms with Crippen molar-refractivity contribution in [2.45, 2.75) is 31.7 Å². The zero-order valence-corrected chi connectivity index (χ0v) is 21.6. The quantitative estimate of drug-likeness (QED) is 0.349. The molecule has 1 fully saturated rings. The van der Waals surface area contributed by atoms with Crippen LogP contribution in [0.5, 0.6) is 5.75 Å². The van der Waals surface area contributed by atoms with Crippen LogP contribution in [0.1, 0.15) is 12.0 Å². The summed E-state index contributed by atoms with van der Waals surface area (Å²) < 4.78 is 29.2. The molecule has 9 heteroatoms. The fourth-order valence-corrected chi connectivity index (χ4v) is 6.98. The van der Waals surface area contributed by atoms with Gasteiger partial charge in [-0.3, -0.25) is 9.59 Å². The molecule has 1 saturated heterocycles. The van der Waals surface area contributed by atoms with Crippen molar-refractivity contribution in [2.24, 2.45) is 5.92 Å². The fourth-order valence-electron chi connectivity index (χ4n) is 4.08. The van der Waals surface area contributed by atoms with Gasteiger partial charge in [-0.25, -0.2) is 8.42 Å². The van der Waals surface area contributed by atoms with E-state index in [2.05, 4.69) is 25.0 Å². The standard InChI is InChI=1S/C24H32N2O5SSi/c1-26(23(28)18-14-15-32(29,30)16-18)24(17-27,19-6-10-21(31-2)11-7-19)25-20-8-12-22(13-9-20)33(3,4)5/h6-13,17-18,25H,14-16H2,1-5H3. The highest BCUT2D eigenvalue weighted by Crippen LogP contribution is 2.32. The second-order valence-corrected chi connectivity index (χ2v) is 16.9. The molecule has 2 atom stereocenters. The van der Waals surface area contributed by atoms with Crippen LogP contribution in [0, 0.1) is 5.92 Å². The van der Waals surface area contributed by atoms with Gasteiger partial charge < -0.3 is 15.0 Å². The zero-order chi connectivity index (χ0) is 24.4. The number of anilines is 1. The summed E-state index contributed by atoms with van der Waals surface area (Å²) in [6, 6.07) is 14.8. The van der Waals surface area contributed by atoms with E-state index >= 15 is 0 Å². The molecule has 0 bridgehead atoms. The number of nitrogens with one attached hydrogen (secondary N) is 1. The van der Waals surface area contributed by atoms with Crippen molar-refractivity contribution in [3.8, 4) is 5.75 Å². The number of amides is 1. The van der Waals surface area contributed by atoms with Gasteiger partial charge in [-0.05, 0) is 30.7 Å². The Bertz CT molecular complexity index is 1110. The van der Waals surface area contributed by atoms with Gasteiger partial charge in [0.2, 0.25) is 5.91 Å². The van der Waals surface area contributed by atoms with Crippen LogP contribution in [0.4, 0.5) is 5.69 Å². The van der Waals surface area contributed by atoms with Gasteiger partial charge >= 0.3 is 0 Å².